The summed E-state index contributed by atoms with van der Waals surface area (Å²) >= 11 is 0. The molecule has 20 heavy (non-hydrogen) atoms. The topological polar surface area (TPSA) is 116 Å². The zero-order valence-corrected chi connectivity index (χ0v) is 12.1. The number of benzene rings is 1. The Morgan fingerprint density at radius 3 is 2.65 bits per heavy atom. The molecule has 2 rings (SSSR count). The highest BCUT2D eigenvalue weighted by molar-refractivity contribution is 7.89. The molecule has 0 radical (unpaired) electrons. The molecule has 0 aliphatic heterocycles. The van der Waals surface area contributed by atoms with Crippen molar-refractivity contribution >= 4 is 27.1 Å². The molecule has 2 aromatic rings. The van der Waals surface area contributed by atoms with Crippen LogP contribution in [0.15, 0.2) is 29.3 Å². The average Bonchev–Trinajstić information content (AvgIpc) is 2.67. The molecule has 0 fully saturated rings. The third-order valence-electron chi connectivity index (χ3n) is 2.78. The maximum Gasteiger partial charge on any atom is 0.238 e. The minimum Gasteiger partial charge on any atom is -0.399 e. The van der Waals surface area contributed by atoms with Gasteiger partial charge in [-0.25, -0.2) is 13.6 Å². The number of nitrogens with zero attached hydrogens (tertiary/aromatic N) is 2. The van der Waals surface area contributed by atoms with Gasteiger partial charge in [0.1, 0.15) is 0 Å². The summed E-state index contributed by atoms with van der Waals surface area (Å²) in [7, 11) is -1.97. The first-order valence-corrected chi connectivity index (χ1v) is 7.57. The number of hydrogen-bond acceptors (Lipinski definition) is 5. The van der Waals surface area contributed by atoms with Crippen LogP contribution in [0.25, 0.3) is 0 Å². The van der Waals surface area contributed by atoms with Gasteiger partial charge in [0.15, 0.2) is 0 Å². The van der Waals surface area contributed by atoms with Crippen molar-refractivity contribution < 1.29 is 8.42 Å². The van der Waals surface area contributed by atoms with Gasteiger partial charge in [-0.15, -0.1) is 0 Å². The van der Waals surface area contributed by atoms with Crippen molar-refractivity contribution in [2.75, 3.05) is 11.1 Å². The predicted octanol–water partition coefficient (Wildman–Crippen LogP) is 0.956. The average molecular weight is 295 g/mol. The molecule has 1 heterocycles. The van der Waals surface area contributed by atoms with Gasteiger partial charge in [0.25, 0.3) is 0 Å². The second-order valence-electron chi connectivity index (χ2n) is 4.48. The molecule has 0 aliphatic rings. The van der Waals surface area contributed by atoms with Crippen molar-refractivity contribution in [1.29, 1.82) is 0 Å². The summed E-state index contributed by atoms with van der Waals surface area (Å²) < 4.78 is 24.5. The maximum absolute atomic E-state index is 11.4. The minimum atomic E-state index is -3.79. The third-order valence-corrected chi connectivity index (χ3v) is 3.67. The largest absolute Gasteiger partial charge is 0.399 e. The number of rotatable bonds is 4. The summed E-state index contributed by atoms with van der Waals surface area (Å²) in [5.74, 6) is 0. The highest BCUT2D eigenvalue weighted by Gasteiger charge is 2.12. The van der Waals surface area contributed by atoms with Gasteiger partial charge in [0, 0.05) is 24.6 Å². The van der Waals surface area contributed by atoms with Gasteiger partial charge in [0.2, 0.25) is 10.0 Å². The molecular weight excluding hydrogens is 278 g/mol. The number of hydrogen-bond donors (Lipinski definition) is 3. The van der Waals surface area contributed by atoms with Gasteiger partial charge in [-0.3, -0.25) is 4.68 Å². The third kappa shape index (κ3) is 3.09. The number of aromatic nitrogens is 2. The maximum atomic E-state index is 11.4. The van der Waals surface area contributed by atoms with E-state index in [9.17, 15) is 8.42 Å². The van der Waals surface area contributed by atoms with Crippen molar-refractivity contribution in [2.24, 2.45) is 12.2 Å². The molecule has 0 saturated heterocycles. The van der Waals surface area contributed by atoms with Crippen LogP contribution < -0.4 is 16.2 Å². The number of nitrogen functional groups attached to an aromatic ring is 1. The van der Waals surface area contributed by atoms with Crippen LogP contribution in [0.2, 0.25) is 0 Å². The highest BCUT2D eigenvalue weighted by Crippen LogP contribution is 2.25. The van der Waals surface area contributed by atoms with E-state index in [1.54, 1.807) is 10.7 Å². The first-order valence-electron chi connectivity index (χ1n) is 6.02. The van der Waals surface area contributed by atoms with Crippen LogP contribution in [0.5, 0.6) is 0 Å². The van der Waals surface area contributed by atoms with Gasteiger partial charge in [-0.05, 0) is 24.6 Å². The summed E-state index contributed by atoms with van der Waals surface area (Å²) in [6.45, 7) is 1.99. The summed E-state index contributed by atoms with van der Waals surface area (Å²) in [6.07, 6.45) is 2.58. The molecule has 8 heteroatoms. The number of nitrogens with one attached hydrogen (secondary N) is 1. The van der Waals surface area contributed by atoms with Crippen LogP contribution in [-0.2, 0) is 23.5 Å². The van der Waals surface area contributed by atoms with Crippen molar-refractivity contribution in [2.45, 2.75) is 18.2 Å². The van der Waals surface area contributed by atoms with E-state index in [4.69, 9.17) is 10.9 Å². The monoisotopic (exact) mass is 295 g/mol. The second kappa shape index (κ2) is 5.14. The fraction of sp³-hybridized carbons (Fsp3) is 0.250. The van der Waals surface area contributed by atoms with E-state index >= 15 is 0 Å². The number of nitrogens with two attached hydrogens (primary N) is 2. The Morgan fingerprint density at radius 1 is 1.35 bits per heavy atom. The first-order chi connectivity index (χ1) is 9.29. The Labute approximate surface area is 117 Å². The van der Waals surface area contributed by atoms with Gasteiger partial charge < -0.3 is 11.1 Å². The smallest absolute Gasteiger partial charge is 0.238 e. The summed E-state index contributed by atoms with van der Waals surface area (Å²) in [4.78, 5) is -0.0260. The molecule has 108 valence electrons. The van der Waals surface area contributed by atoms with Gasteiger partial charge in [-0.1, -0.05) is 6.92 Å². The number of primary sulfonamides is 1. The number of aryl methyl sites for hydroxylation is 2. The van der Waals surface area contributed by atoms with E-state index in [1.165, 1.54) is 12.1 Å². The molecule has 7 nitrogen and oxygen atoms in total. The fourth-order valence-electron chi connectivity index (χ4n) is 1.91. The lowest BCUT2D eigenvalue weighted by atomic mass is 10.2. The van der Waals surface area contributed by atoms with E-state index in [0.717, 1.165) is 17.8 Å². The van der Waals surface area contributed by atoms with Crippen molar-refractivity contribution in [1.82, 2.24) is 9.78 Å². The molecule has 0 saturated carbocycles. The van der Waals surface area contributed by atoms with E-state index in [1.807, 2.05) is 20.2 Å². The molecule has 1 aromatic carbocycles. The van der Waals surface area contributed by atoms with Crippen molar-refractivity contribution in [3.05, 3.63) is 30.1 Å². The van der Waals surface area contributed by atoms with Crippen molar-refractivity contribution in [3.8, 4) is 0 Å². The predicted molar refractivity (Wildman–Crippen MR) is 78.1 cm³/mol. The van der Waals surface area contributed by atoms with E-state index in [0.29, 0.717) is 11.4 Å². The van der Waals surface area contributed by atoms with E-state index in [-0.39, 0.29) is 4.90 Å². The van der Waals surface area contributed by atoms with Crippen LogP contribution in [0.1, 0.15) is 12.6 Å². The lowest BCUT2D eigenvalue weighted by Crippen LogP contribution is -2.12. The standard InChI is InChI=1S/C12H17N5O2S/c1-3-11-12(7-17(2)16-11)15-9-4-8(13)5-10(6-9)20(14,18)19/h4-7,15H,3,13H2,1-2H3,(H2,14,18,19). The Bertz CT molecular complexity index is 736. The lowest BCUT2D eigenvalue weighted by Gasteiger charge is -2.08. The number of anilines is 3. The number of sulfonamides is 1. The Hall–Kier alpha value is -2.06. The molecule has 1 aromatic heterocycles. The van der Waals surface area contributed by atoms with Crippen LogP contribution in [0, 0.1) is 0 Å². The van der Waals surface area contributed by atoms with Crippen LogP contribution >= 0.6 is 0 Å². The van der Waals surface area contributed by atoms with E-state index < -0.39 is 10.0 Å². The Kier molecular flexibility index (Phi) is 3.69. The summed E-state index contributed by atoms with van der Waals surface area (Å²) in [5.41, 5.74) is 8.27. The zero-order valence-electron chi connectivity index (χ0n) is 11.3. The van der Waals surface area contributed by atoms with E-state index in [2.05, 4.69) is 10.4 Å². The van der Waals surface area contributed by atoms with Gasteiger partial charge >= 0.3 is 0 Å². The molecular formula is C12H17N5O2S. The molecule has 0 bridgehead atoms. The summed E-state index contributed by atoms with van der Waals surface area (Å²) in [6, 6.07) is 4.41. The zero-order chi connectivity index (χ0) is 14.9. The molecule has 0 spiro atoms. The van der Waals surface area contributed by atoms with Gasteiger partial charge in [0.05, 0.1) is 16.3 Å². The van der Waals surface area contributed by atoms with Crippen LogP contribution in [0.4, 0.5) is 17.1 Å². The molecule has 0 aliphatic carbocycles. The lowest BCUT2D eigenvalue weighted by molar-refractivity contribution is 0.598. The normalized spacial score (nSPS) is 11.6. The molecule has 0 amide bonds. The SMILES string of the molecule is CCc1nn(C)cc1Nc1cc(N)cc(S(N)(=O)=O)c1. The Morgan fingerprint density at radius 2 is 2.05 bits per heavy atom. The minimum absolute atomic E-state index is 0.0260. The Balaban J connectivity index is 2.41. The second-order valence-corrected chi connectivity index (χ2v) is 6.04. The fourth-order valence-corrected chi connectivity index (χ4v) is 2.51. The molecule has 0 unspecified atom stereocenters. The van der Waals surface area contributed by atoms with Crippen LogP contribution in [-0.4, -0.2) is 18.2 Å². The summed E-state index contributed by atoms with van der Waals surface area (Å²) in [5, 5.41) is 12.5. The highest BCUT2D eigenvalue weighted by atomic mass is 32.2. The molecule has 5 N–H and O–H groups in total. The quantitative estimate of drug-likeness (QED) is 0.726. The first kappa shape index (κ1) is 14.4. The molecule has 0 atom stereocenters. The van der Waals surface area contributed by atoms with Gasteiger partial charge in [-0.2, -0.15) is 5.10 Å². The van der Waals surface area contributed by atoms with Crippen molar-refractivity contribution in [3.63, 3.8) is 0 Å². The van der Waals surface area contributed by atoms with Crippen LogP contribution in [0.3, 0.4) is 0 Å².